The zero-order valence-electron chi connectivity index (χ0n) is 13.2. The average Bonchev–Trinajstić information content (AvgIpc) is 2.50. The zero-order chi connectivity index (χ0) is 16.9. The van der Waals surface area contributed by atoms with Crippen molar-refractivity contribution in [3.8, 4) is 5.75 Å². The summed E-state index contributed by atoms with van der Waals surface area (Å²) in [5, 5.41) is 2.45. The van der Waals surface area contributed by atoms with Crippen molar-refractivity contribution >= 4 is 17.6 Å². The first-order valence-electron chi connectivity index (χ1n) is 6.98. The number of methoxy groups -OCH3 is 1. The van der Waals surface area contributed by atoms with E-state index in [0.717, 1.165) is 0 Å². The van der Waals surface area contributed by atoms with Gasteiger partial charge in [-0.3, -0.25) is 4.79 Å². The Morgan fingerprint density at radius 1 is 1.45 bits per heavy atom. The highest BCUT2D eigenvalue weighted by molar-refractivity contribution is 5.98. The van der Waals surface area contributed by atoms with Crippen LogP contribution >= 0.6 is 0 Å². The summed E-state index contributed by atoms with van der Waals surface area (Å²) in [5.41, 5.74) is 5.49. The summed E-state index contributed by atoms with van der Waals surface area (Å²) in [4.78, 5) is 24.9. The second kappa shape index (κ2) is 7.63. The highest BCUT2D eigenvalue weighted by atomic mass is 19.1. The van der Waals surface area contributed by atoms with Gasteiger partial charge >= 0.3 is 6.03 Å². The summed E-state index contributed by atoms with van der Waals surface area (Å²) in [6.45, 7) is 3.74. The number of urea groups is 1. The number of benzene rings is 1. The van der Waals surface area contributed by atoms with Crippen molar-refractivity contribution in [2.24, 2.45) is 11.7 Å². The van der Waals surface area contributed by atoms with Crippen molar-refractivity contribution in [1.82, 2.24) is 5.32 Å². The zero-order valence-corrected chi connectivity index (χ0v) is 13.2. The standard InChI is InChI=1S/C15H22FN3O3/c1-5-9(2)13(18-15(17)21)14(20)19(3)10-6-7-12(22-4)11(16)8-10/h6-9,13H,5H2,1-4H3,(H3,17,18,21)/t9-,13-/m1/s1. The molecule has 3 amide bonds. The van der Waals surface area contributed by atoms with E-state index >= 15 is 0 Å². The van der Waals surface area contributed by atoms with Crippen molar-refractivity contribution in [2.45, 2.75) is 26.3 Å². The molecule has 0 spiro atoms. The van der Waals surface area contributed by atoms with E-state index in [1.54, 1.807) is 6.07 Å². The fraction of sp³-hybridized carbons (Fsp3) is 0.467. The lowest BCUT2D eigenvalue weighted by Crippen LogP contribution is -2.52. The third-order valence-corrected chi connectivity index (χ3v) is 3.63. The molecule has 0 fully saturated rings. The van der Waals surface area contributed by atoms with E-state index in [0.29, 0.717) is 12.1 Å². The van der Waals surface area contributed by atoms with Gasteiger partial charge in [0, 0.05) is 18.8 Å². The molecule has 0 unspecified atom stereocenters. The van der Waals surface area contributed by atoms with Crippen LogP contribution < -0.4 is 20.7 Å². The van der Waals surface area contributed by atoms with Gasteiger partial charge in [-0.05, 0) is 18.1 Å². The molecule has 1 rings (SSSR count). The highest BCUT2D eigenvalue weighted by Gasteiger charge is 2.28. The summed E-state index contributed by atoms with van der Waals surface area (Å²) in [6.07, 6.45) is 0.682. The predicted molar refractivity (Wildman–Crippen MR) is 82.3 cm³/mol. The maximum Gasteiger partial charge on any atom is 0.312 e. The number of nitrogens with one attached hydrogen (secondary N) is 1. The number of carbonyl (C=O) groups is 2. The normalized spacial score (nSPS) is 13.1. The lowest BCUT2D eigenvalue weighted by Gasteiger charge is -2.27. The Hall–Kier alpha value is -2.31. The molecule has 0 saturated heterocycles. The Morgan fingerprint density at radius 2 is 2.09 bits per heavy atom. The molecule has 3 N–H and O–H groups in total. The number of likely N-dealkylation sites (N-methyl/N-ethyl adjacent to an activating group) is 1. The minimum absolute atomic E-state index is 0.0957. The minimum atomic E-state index is -0.770. The Kier molecular flexibility index (Phi) is 6.15. The Morgan fingerprint density at radius 3 is 2.55 bits per heavy atom. The summed E-state index contributed by atoms with van der Waals surface area (Å²) in [5.74, 6) is -0.941. The van der Waals surface area contributed by atoms with Gasteiger partial charge in [0.15, 0.2) is 11.6 Å². The van der Waals surface area contributed by atoms with Crippen LogP contribution in [0.3, 0.4) is 0 Å². The van der Waals surface area contributed by atoms with E-state index in [2.05, 4.69) is 5.32 Å². The van der Waals surface area contributed by atoms with Crippen molar-refractivity contribution in [1.29, 1.82) is 0 Å². The van der Waals surface area contributed by atoms with Gasteiger partial charge in [-0.15, -0.1) is 0 Å². The third-order valence-electron chi connectivity index (χ3n) is 3.63. The van der Waals surface area contributed by atoms with Crippen LogP contribution in [0.2, 0.25) is 0 Å². The number of nitrogens with zero attached hydrogens (tertiary/aromatic N) is 1. The number of hydrogen-bond acceptors (Lipinski definition) is 3. The van der Waals surface area contributed by atoms with Gasteiger partial charge in [0.05, 0.1) is 7.11 Å². The highest BCUT2D eigenvalue weighted by Crippen LogP contribution is 2.24. The van der Waals surface area contributed by atoms with Gasteiger partial charge in [0.2, 0.25) is 5.91 Å². The molecule has 0 aliphatic heterocycles. The van der Waals surface area contributed by atoms with E-state index in [1.807, 2.05) is 13.8 Å². The molecule has 7 heteroatoms. The molecule has 0 aromatic heterocycles. The molecule has 2 atom stereocenters. The number of rotatable bonds is 6. The molecule has 0 saturated carbocycles. The molecule has 22 heavy (non-hydrogen) atoms. The van der Waals surface area contributed by atoms with Gasteiger partial charge in [-0.1, -0.05) is 20.3 Å². The molecule has 0 heterocycles. The maximum atomic E-state index is 13.8. The molecule has 0 aliphatic carbocycles. The number of halogens is 1. The van der Waals surface area contributed by atoms with Crippen LogP contribution in [-0.4, -0.2) is 32.1 Å². The second-order valence-electron chi connectivity index (χ2n) is 5.09. The molecule has 1 aromatic carbocycles. The molecule has 0 radical (unpaired) electrons. The lowest BCUT2D eigenvalue weighted by molar-refractivity contribution is -0.121. The van der Waals surface area contributed by atoms with Crippen LogP contribution in [0.5, 0.6) is 5.75 Å². The number of amides is 3. The van der Waals surface area contributed by atoms with Crippen molar-refractivity contribution in [2.75, 3.05) is 19.1 Å². The van der Waals surface area contributed by atoms with Crippen LogP contribution in [0, 0.1) is 11.7 Å². The first kappa shape index (κ1) is 17.7. The van der Waals surface area contributed by atoms with Crippen LogP contribution in [0.4, 0.5) is 14.9 Å². The largest absolute Gasteiger partial charge is 0.494 e. The Labute approximate surface area is 129 Å². The molecular weight excluding hydrogens is 289 g/mol. The number of ether oxygens (including phenoxy) is 1. The van der Waals surface area contributed by atoms with Gasteiger partial charge in [-0.2, -0.15) is 0 Å². The van der Waals surface area contributed by atoms with Gasteiger partial charge in [-0.25, -0.2) is 9.18 Å². The molecular formula is C15H22FN3O3. The predicted octanol–water partition coefficient (Wildman–Crippen LogP) is 1.88. The van der Waals surface area contributed by atoms with Gasteiger partial charge in [0.1, 0.15) is 6.04 Å². The molecule has 1 aromatic rings. The van der Waals surface area contributed by atoms with E-state index in [1.165, 1.54) is 31.2 Å². The summed E-state index contributed by atoms with van der Waals surface area (Å²) in [6, 6.07) is 2.67. The van der Waals surface area contributed by atoms with Crippen LogP contribution in [0.1, 0.15) is 20.3 Å². The fourth-order valence-electron chi connectivity index (χ4n) is 2.04. The first-order chi connectivity index (χ1) is 10.3. The third kappa shape index (κ3) is 4.09. The fourth-order valence-corrected chi connectivity index (χ4v) is 2.04. The monoisotopic (exact) mass is 311 g/mol. The lowest BCUT2D eigenvalue weighted by atomic mass is 9.98. The SMILES string of the molecule is CC[C@@H](C)[C@@H](NC(N)=O)C(=O)N(C)c1ccc(OC)c(F)c1. The van der Waals surface area contributed by atoms with Crippen LogP contribution in [0.15, 0.2) is 18.2 Å². The van der Waals surface area contributed by atoms with E-state index in [4.69, 9.17) is 10.5 Å². The summed E-state index contributed by atoms with van der Waals surface area (Å²) < 4.78 is 18.6. The maximum absolute atomic E-state index is 13.8. The van der Waals surface area contributed by atoms with Crippen molar-refractivity contribution in [3.63, 3.8) is 0 Å². The van der Waals surface area contributed by atoms with Crippen LogP contribution in [0.25, 0.3) is 0 Å². The number of nitrogens with two attached hydrogens (primary N) is 1. The molecule has 0 aliphatic rings. The Bertz CT molecular complexity index is 551. The molecule has 122 valence electrons. The second-order valence-corrected chi connectivity index (χ2v) is 5.09. The first-order valence-corrected chi connectivity index (χ1v) is 6.98. The van der Waals surface area contributed by atoms with E-state index in [9.17, 15) is 14.0 Å². The summed E-state index contributed by atoms with van der Waals surface area (Å²) in [7, 11) is 2.88. The van der Waals surface area contributed by atoms with Crippen molar-refractivity contribution in [3.05, 3.63) is 24.0 Å². The van der Waals surface area contributed by atoms with Gasteiger partial charge in [0.25, 0.3) is 0 Å². The van der Waals surface area contributed by atoms with E-state index in [-0.39, 0.29) is 17.6 Å². The molecule has 6 nitrogen and oxygen atoms in total. The van der Waals surface area contributed by atoms with Crippen molar-refractivity contribution < 1.29 is 18.7 Å². The van der Waals surface area contributed by atoms with Gasteiger partial charge < -0.3 is 20.7 Å². The summed E-state index contributed by atoms with van der Waals surface area (Å²) >= 11 is 0. The number of primary amides is 1. The minimum Gasteiger partial charge on any atom is -0.494 e. The van der Waals surface area contributed by atoms with E-state index < -0.39 is 17.9 Å². The smallest absolute Gasteiger partial charge is 0.312 e. The number of carbonyl (C=O) groups excluding carboxylic acids is 2. The average molecular weight is 311 g/mol. The Balaban J connectivity index is 3.02. The topological polar surface area (TPSA) is 84.7 Å². The number of hydrogen-bond donors (Lipinski definition) is 2. The number of anilines is 1. The molecule has 0 bridgehead atoms. The van der Waals surface area contributed by atoms with Crippen LogP contribution in [-0.2, 0) is 4.79 Å². The quantitative estimate of drug-likeness (QED) is 0.841.